The quantitative estimate of drug-likeness (QED) is 0.178. The molecule has 50 heavy (non-hydrogen) atoms. The van der Waals surface area contributed by atoms with Gasteiger partial charge in [-0.3, -0.25) is 9.55 Å². The first-order chi connectivity index (χ1) is 24.8. The maximum absolute atomic E-state index is 5.52. The molecule has 0 radical (unpaired) electrons. The third kappa shape index (κ3) is 3.89. The van der Waals surface area contributed by atoms with Crippen LogP contribution in [0.5, 0.6) is 0 Å². The summed E-state index contributed by atoms with van der Waals surface area (Å²) < 4.78 is 4.83. The van der Waals surface area contributed by atoms with Crippen molar-refractivity contribution in [1.29, 1.82) is 0 Å². The Kier molecular flexibility index (Phi) is 5.80. The Hall–Kier alpha value is -6.43. The van der Waals surface area contributed by atoms with Crippen LogP contribution in [0.25, 0.3) is 103 Å². The van der Waals surface area contributed by atoms with Crippen LogP contribution in [-0.4, -0.2) is 19.5 Å². The zero-order valence-electron chi connectivity index (χ0n) is 26.7. The van der Waals surface area contributed by atoms with Gasteiger partial charge in [-0.1, -0.05) is 121 Å². The lowest BCUT2D eigenvalue weighted by Gasteiger charge is -2.14. The maximum atomic E-state index is 5.52. The van der Waals surface area contributed by atoms with E-state index >= 15 is 0 Å². The Morgan fingerprint density at radius 3 is 2.06 bits per heavy atom. The molecule has 0 aliphatic carbocycles. The molecule has 0 unspecified atom stereocenters. The summed E-state index contributed by atoms with van der Waals surface area (Å²) in [5, 5.41) is 10.7. The van der Waals surface area contributed by atoms with Crippen molar-refractivity contribution in [3.63, 3.8) is 0 Å². The molecule has 0 atom stereocenters. The van der Waals surface area contributed by atoms with Gasteiger partial charge in [0.2, 0.25) is 5.95 Å². The third-order valence-electron chi connectivity index (χ3n) is 10.0. The lowest BCUT2D eigenvalue weighted by molar-refractivity contribution is 1.02. The summed E-state index contributed by atoms with van der Waals surface area (Å²) in [6, 6.07) is 53.8. The van der Waals surface area contributed by atoms with Crippen LogP contribution < -0.4 is 0 Å². The first-order valence-electron chi connectivity index (χ1n) is 16.8. The molecule has 7 aromatic carbocycles. The number of thiophene rings is 1. The van der Waals surface area contributed by atoms with Crippen LogP contribution in [0.15, 0.2) is 158 Å². The monoisotopic (exact) mass is 654 g/mol. The van der Waals surface area contributed by atoms with E-state index in [9.17, 15) is 0 Å². The van der Waals surface area contributed by atoms with Gasteiger partial charge in [0.15, 0.2) is 0 Å². The lowest BCUT2D eigenvalue weighted by Crippen LogP contribution is -2.04. The number of benzene rings is 7. The largest absolute Gasteiger partial charge is 0.276 e. The average molecular weight is 655 g/mol. The summed E-state index contributed by atoms with van der Waals surface area (Å²) in [5.74, 6) is 0.653. The fraction of sp³-hybridized carbons (Fsp3) is 0. The van der Waals surface area contributed by atoms with E-state index in [4.69, 9.17) is 15.0 Å². The molecule has 0 bridgehead atoms. The standard InChI is InChI=1S/C45H26N4S/c1-2-13-28(14-3-1)41-35-24-21-27-12-4-5-15-30(27)42(35)48-45(47-41)49-37-26-29(36-19-10-11-25-46-36)22-23-33(37)39-31-16-6-7-17-32(31)40-34-18-8-9-20-38(34)50-44(40)43(39)49/h1-26H. The molecule has 232 valence electrons. The Morgan fingerprint density at radius 1 is 0.500 bits per heavy atom. The van der Waals surface area contributed by atoms with Crippen molar-refractivity contribution in [3.05, 3.63) is 158 Å². The van der Waals surface area contributed by atoms with E-state index in [1.807, 2.05) is 29.7 Å². The molecule has 4 aromatic heterocycles. The van der Waals surface area contributed by atoms with Gasteiger partial charge >= 0.3 is 0 Å². The highest BCUT2D eigenvalue weighted by Crippen LogP contribution is 2.48. The van der Waals surface area contributed by atoms with Gasteiger partial charge in [-0.25, -0.2) is 9.97 Å². The van der Waals surface area contributed by atoms with Gasteiger partial charge < -0.3 is 0 Å². The number of fused-ring (bicyclic) bond motifs is 13. The molecule has 4 heterocycles. The average Bonchev–Trinajstić information content (AvgIpc) is 3.75. The normalized spacial score (nSPS) is 12.0. The molecule has 5 heteroatoms. The van der Waals surface area contributed by atoms with E-state index in [2.05, 4.69) is 144 Å². The SMILES string of the molecule is c1ccc(-c2nc(-n3c4cc(-c5ccccn5)ccc4c4c5ccccc5c5c6ccccc6sc5c43)nc3c2ccc2ccccc23)cc1. The molecular weight excluding hydrogens is 629 g/mol. The van der Waals surface area contributed by atoms with Crippen molar-refractivity contribution in [2.75, 3.05) is 0 Å². The second-order valence-electron chi connectivity index (χ2n) is 12.8. The first kappa shape index (κ1) is 27.5. The van der Waals surface area contributed by atoms with Gasteiger partial charge in [-0.05, 0) is 46.5 Å². The summed E-state index contributed by atoms with van der Waals surface area (Å²) in [6.07, 6.45) is 1.85. The molecule has 0 N–H and O–H groups in total. The van der Waals surface area contributed by atoms with Gasteiger partial charge in [0.05, 0.1) is 32.6 Å². The van der Waals surface area contributed by atoms with E-state index in [0.717, 1.165) is 60.6 Å². The van der Waals surface area contributed by atoms with Crippen LogP contribution in [0.1, 0.15) is 0 Å². The molecule has 11 rings (SSSR count). The van der Waals surface area contributed by atoms with Crippen molar-refractivity contribution in [2.45, 2.75) is 0 Å². The van der Waals surface area contributed by atoms with E-state index in [1.165, 1.54) is 36.3 Å². The zero-order chi connectivity index (χ0) is 32.8. The molecule has 0 saturated carbocycles. The minimum Gasteiger partial charge on any atom is -0.276 e. The zero-order valence-corrected chi connectivity index (χ0v) is 27.5. The summed E-state index contributed by atoms with van der Waals surface area (Å²) in [7, 11) is 0. The number of hydrogen-bond acceptors (Lipinski definition) is 4. The molecule has 0 aliphatic rings. The summed E-state index contributed by atoms with van der Waals surface area (Å²) in [6.45, 7) is 0. The summed E-state index contributed by atoms with van der Waals surface area (Å²) in [4.78, 5) is 15.8. The molecule has 0 amide bonds. The predicted molar refractivity (Wildman–Crippen MR) is 210 cm³/mol. The molecule has 11 aromatic rings. The van der Waals surface area contributed by atoms with Crippen LogP contribution in [0.2, 0.25) is 0 Å². The molecule has 4 nitrogen and oxygen atoms in total. The highest BCUT2D eigenvalue weighted by atomic mass is 32.1. The van der Waals surface area contributed by atoms with Crippen molar-refractivity contribution < 1.29 is 0 Å². The van der Waals surface area contributed by atoms with Gasteiger partial charge in [-0.2, -0.15) is 0 Å². The van der Waals surface area contributed by atoms with Gasteiger partial charge in [0, 0.05) is 54.3 Å². The van der Waals surface area contributed by atoms with Crippen molar-refractivity contribution in [3.8, 4) is 28.5 Å². The first-order valence-corrected chi connectivity index (χ1v) is 17.6. The van der Waals surface area contributed by atoms with E-state index < -0.39 is 0 Å². The number of aromatic nitrogens is 4. The number of pyridine rings is 1. The van der Waals surface area contributed by atoms with Crippen LogP contribution in [0.4, 0.5) is 0 Å². The van der Waals surface area contributed by atoms with Crippen molar-refractivity contribution in [2.24, 2.45) is 0 Å². The highest BCUT2D eigenvalue weighted by Gasteiger charge is 2.24. The summed E-state index contributed by atoms with van der Waals surface area (Å²) >= 11 is 1.85. The molecule has 0 saturated heterocycles. The smallest absolute Gasteiger partial charge is 0.235 e. The Balaban J connectivity index is 1.39. The number of rotatable bonds is 3. The van der Waals surface area contributed by atoms with Crippen LogP contribution >= 0.6 is 11.3 Å². The minimum atomic E-state index is 0.653. The Morgan fingerprint density at radius 2 is 1.22 bits per heavy atom. The van der Waals surface area contributed by atoms with Crippen molar-refractivity contribution >= 4 is 85.8 Å². The van der Waals surface area contributed by atoms with Gasteiger partial charge in [0.1, 0.15) is 0 Å². The third-order valence-corrected chi connectivity index (χ3v) is 11.2. The van der Waals surface area contributed by atoms with Crippen LogP contribution in [0.3, 0.4) is 0 Å². The van der Waals surface area contributed by atoms with Gasteiger partial charge in [-0.15, -0.1) is 11.3 Å². The second kappa shape index (κ2) is 10.5. The molecule has 0 fully saturated rings. The Bertz CT molecular complexity index is 3140. The second-order valence-corrected chi connectivity index (χ2v) is 13.8. The minimum absolute atomic E-state index is 0.653. The lowest BCUT2D eigenvalue weighted by atomic mass is 9.98. The Labute approximate surface area is 290 Å². The van der Waals surface area contributed by atoms with Crippen LogP contribution in [-0.2, 0) is 0 Å². The maximum Gasteiger partial charge on any atom is 0.235 e. The molecule has 0 aliphatic heterocycles. The fourth-order valence-corrected chi connectivity index (χ4v) is 9.10. The topological polar surface area (TPSA) is 43.6 Å². The van der Waals surface area contributed by atoms with Crippen LogP contribution in [0, 0.1) is 0 Å². The van der Waals surface area contributed by atoms with Gasteiger partial charge in [0.25, 0.3) is 0 Å². The molecule has 0 spiro atoms. The van der Waals surface area contributed by atoms with E-state index in [1.54, 1.807) is 0 Å². The van der Waals surface area contributed by atoms with Crippen molar-refractivity contribution in [1.82, 2.24) is 19.5 Å². The highest BCUT2D eigenvalue weighted by molar-refractivity contribution is 7.27. The summed E-state index contributed by atoms with van der Waals surface area (Å²) in [5.41, 5.74) is 7.08. The number of hydrogen-bond donors (Lipinski definition) is 0. The predicted octanol–water partition coefficient (Wildman–Crippen LogP) is 12.1. The van der Waals surface area contributed by atoms with E-state index in [-0.39, 0.29) is 0 Å². The molecular formula is C45H26N4S. The number of nitrogens with zero attached hydrogens (tertiary/aromatic N) is 4. The van der Waals surface area contributed by atoms with E-state index in [0.29, 0.717) is 5.95 Å². The fourth-order valence-electron chi connectivity index (χ4n) is 7.84.